The van der Waals surface area contributed by atoms with E-state index >= 15 is 0 Å². The Bertz CT molecular complexity index is 1430. The van der Waals surface area contributed by atoms with Crippen LogP contribution >= 0.6 is 0 Å². The second kappa shape index (κ2) is 10.5. The minimum absolute atomic E-state index is 0.0420. The van der Waals surface area contributed by atoms with E-state index in [2.05, 4.69) is 59.9 Å². The Morgan fingerprint density at radius 2 is 1.25 bits per heavy atom. The highest BCUT2D eigenvalue weighted by Gasteiger charge is 2.15. The van der Waals surface area contributed by atoms with Gasteiger partial charge in [-0.25, -0.2) is 0 Å². The van der Waals surface area contributed by atoms with E-state index in [4.69, 9.17) is 8.83 Å². The molecule has 36 heavy (non-hydrogen) atoms. The van der Waals surface area contributed by atoms with Gasteiger partial charge in [0.15, 0.2) is 0 Å². The first kappa shape index (κ1) is 24.8. The van der Waals surface area contributed by atoms with Crippen LogP contribution in [0.2, 0.25) is 0 Å². The fourth-order valence-corrected chi connectivity index (χ4v) is 3.49. The van der Waals surface area contributed by atoms with Gasteiger partial charge in [0.05, 0.1) is 0 Å². The molecule has 2 aromatic heterocycles. The van der Waals surface area contributed by atoms with Crippen molar-refractivity contribution in [2.24, 2.45) is 5.41 Å². The number of rotatable bonds is 7. The Hall–Kier alpha value is -4.32. The summed E-state index contributed by atoms with van der Waals surface area (Å²) in [6, 6.07) is 15.4. The molecule has 2 aromatic carbocycles. The zero-order valence-electron chi connectivity index (χ0n) is 21.3. The number of allylic oxidation sites excluding steroid dienone is 6. The maximum absolute atomic E-state index is 5.94. The molecule has 0 saturated carbocycles. The van der Waals surface area contributed by atoms with Crippen LogP contribution in [0.25, 0.3) is 46.0 Å². The molecule has 0 N–H and O–H groups in total. The normalized spacial score (nSPS) is 12.9. The summed E-state index contributed by atoms with van der Waals surface area (Å²) in [5.41, 5.74) is 5.66. The van der Waals surface area contributed by atoms with Crippen LogP contribution in [-0.2, 0) is 0 Å². The average molecular weight is 479 g/mol. The molecule has 0 aliphatic carbocycles. The highest BCUT2D eigenvalue weighted by molar-refractivity contribution is 5.65. The van der Waals surface area contributed by atoms with Crippen LogP contribution in [0.3, 0.4) is 0 Å². The van der Waals surface area contributed by atoms with Crippen LogP contribution in [0.4, 0.5) is 0 Å². The first-order valence-corrected chi connectivity index (χ1v) is 11.8. The van der Waals surface area contributed by atoms with Crippen molar-refractivity contribution in [1.82, 2.24) is 20.4 Å². The van der Waals surface area contributed by atoms with Gasteiger partial charge in [0.2, 0.25) is 23.6 Å². The summed E-state index contributed by atoms with van der Waals surface area (Å²) < 4.78 is 11.8. The minimum atomic E-state index is 0.0420. The van der Waals surface area contributed by atoms with Crippen LogP contribution < -0.4 is 0 Å². The lowest BCUT2D eigenvalue weighted by atomic mass is 9.85. The van der Waals surface area contributed by atoms with Crippen LogP contribution in [-0.4, -0.2) is 20.4 Å². The van der Waals surface area contributed by atoms with E-state index in [1.165, 1.54) is 5.57 Å². The molecular formula is C30H30N4O2. The van der Waals surface area contributed by atoms with Crippen molar-refractivity contribution in [1.29, 1.82) is 0 Å². The molecule has 0 aliphatic heterocycles. The maximum Gasteiger partial charge on any atom is 0.248 e. The van der Waals surface area contributed by atoms with Crippen molar-refractivity contribution in [3.05, 3.63) is 96.4 Å². The maximum atomic E-state index is 5.94. The summed E-state index contributed by atoms with van der Waals surface area (Å²) in [4.78, 5) is 0. The van der Waals surface area contributed by atoms with E-state index in [0.29, 0.717) is 23.6 Å². The number of benzene rings is 2. The molecular weight excluding hydrogens is 448 g/mol. The largest absolute Gasteiger partial charge is 0.416 e. The highest BCUT2D eigenvalue weighted by atomic mass is 16.4. The number of aromatic nitrogens is 4. The van der Waals surface area contributed by atoms with Crippen molar-refractivity contribution < 1.29 is 8.83 Å². The Labute approximate surface area is 211 Å². The van der Waals surface area contributed by atoms with E-state index < -0.39 is 0 Å². The molecule has 4 aromatic rings. The molecule has 0 bridgehead atoms. The van der Waals surface area contributed by atoms with Gasteiger partial charge in [0.1, 0.15) is 0 Å². The highest BCUT2D eigenvalue weighted by Crippen LogP contribution is 2.29. The Morgan fingerprint density at radius 1 is 0.750 bits per heavy atom. The number of hydrogen-bond acceptors (Lipinski definition) is 6. The quantitative estimate of drug-likeness (QED) is 0.250. The molecule has 0 spiro atoms. The Balaban J connectivity index is 1.51. The van der Waals surface area contributed by atoms with Crippen LogP contribution in [0, 0.1) is 5.41 Å². The third-order valence-electron chi connectivity index (χ3n) is 5.68. The molecule has 6 nitrogen and oxygen atoms in total. The SMILES string of the molecule is C=Cc1ccc(-c2nnc(-c3ccc(-c4nnc(/C(C)=C/C=C(\C=C/C)C(C)(C)C)o4)cc3)o2)cc1. The average Bonchev–Trinajstić information content (AvgIpc) is 3.57. The summed E-state index contributed by atoms with van der Waals surface area (Å²) in [6.45, 7) is 14.3. The van der Waals surface area contributed by atoms with Gasteiger partial charge in [-0.05, 0) is 66.8 Å². The topological polar surface area (TPSA) is 77.8 Å². The number of nitrogens with zero attached hydrogens (tertiary/aromatic N) is 4. The van der Waals surface area contributed by atoms with E-state index in [0.717, 1.165) is 27.8 Å². The number of hydrogen-bond donors (Lipinski definition) is 0. The fraction of sp³-hybridized carbons (Fsp3) is 0.200. The Morgan fingerprint density at radius 3 is 1.75 bits per heavy atom. The molecule has 0 amide bonds. The summed E-state index contributed by atoms with van der Waals surface area (Å²) in [5, 5.41) is 16.8. The first-order chi connectivity index (χ1) is 17.3. The van der Waals surface area contributed by atoms with E-state index in [1.54, 1.807) is 6.08 Å². The van der Waals surface area contributed by atoms with Gasteiger partial charge in [-0.15, -0.1) is 20.4 Å². The second-order valence-electron chi connectivity index (χ2n) is 9.45. The summed E-state index contributed by atoms with van der Waals surface area (Å²) >= 11 is 0. The van der Waals surface area contributed by atoms with Crippen molar-refractivity contribution in [2.75, 3.05) is 0 Å². The third kappa shape index (κ3) is 5.66. The molecule has 0 saturated heterocycles. The molecule has 0 fully saturated rings. The molecule has 2 heterocycles. The standard InChI is InChI=1S/C30H30N4O2/c1-7-9-25(30(4,5)6)19-10-20(3)26-31-32-27(35-26)23-15-17-24(18-16-23)29-34-33-28(36-29)22-13-11-21(8-2)12-14-22/h7-19H,2H2,1,3-6H3/b9-7-,20-10+,25-19+. The van der Waals surface area contributed by atoms with Crippen molar-refractivity contribution >= 4 is 11.6 Å². The molecule has 0 unspecified atom stereocenters. The minimum Gasteiger partial charge on any atom is -0.416 e. The first-order valence-electron chi connectivity index (χ1n) is 11.8. The molecule has 182 valence electrons. The predicted molar refractivity (Wildman–Crippen MR) is 145 cm³/mol. The monoisotopic (exact) mass is 478 g/mol. The van der Waals surface area contributed by atoms with Crippen molar-refractivity contribution in [3.8, 4) is 34.4 Å². The van der Waals surface area contributed by atoms with Crippen molar-refractivity contribution in [3.63, 3.8) is 0 Å². The van der Waals surface area contributed by atoms with Gasteiger partial charge in [-0.2, -0.15) is 0 Å². The zero-order chi connectivity index (χ0) is 25.7. The second-order valence-corrected chi connectivity index (χ2v) is 9.45. The van der Waals surface area contributed by atoms with Crippen LogP contribution in [0.1, 0.15) is 46.1 Å². The van der Waals surface area contributed by atoms with Gasteiger partial charge in [-0.1, -0.05) is 69.9 Å². The lowest BCUT2D eigenvalue weighted by Gasteiger charge is -2.19. The van der Waals surface area contributed by atoms with E-state index in [1.807, 2.05) is 74.5 Å². The van der Waals surface area contributed by atoms with Gasteiger partial charge in [0, 0.05) is 22.3 Å². The van der Waals surface area contributed by atoms with E-state index in [-0.39, 0.29) is 5.41 Å². The fourth-order valence-electron chi connectivity index (χ4n) is 3.49. The molecule has 4 rings (SSSR count). The third-order valence-corrected chi connectivity index (χ3v) is 5.68. The molecule has 0 atom stereocenters. The summed E-state index contributed by atoms with van der Waals surface area (Å²) in [5.74, 6) is 1.85. The molecule has 0 aliphatic rings. The molecule has 6 heteroatoms. The van der Waals surface area contributed by atoms with Gasteiger partial charge >= 0.3 is 0 Å². The summed E-state index contributed by atoms with van der Waals surface area (Å²) in [6.07, 6.45) is 10.1. The zero-order valence-corrected chi connectivity index (χ0v) is 21.3. The van der Waals surface area contributed by atoms with Crippen molar-refractivity contribution in [2.45, 2.75) is 34.6 Å². The van der Waals surface area contributed by atoms with Crippen LogP contribution in [0.5, 0.6) is 0 Å². The smallest absolute Gasteiger partial charge is 0.248 e. The molecule has 0 radical (unpaired) electrons. The lowest BCUT2D eigenvalue weighted by Crippen LogP contribution is -2.07. The Kier molecular flexibility index (Phi) is 7.25. The van der Waals surface area contributed by atoms with Crippen LogP contribution in [0.15, 0.2) is 93.8 Å². The summed E-state index contributed by atoms with van der Waals surface area (Å²) in [7, 11) is 0. The van der Waals surface area contributed by atoms with Gasteiger partial charge in [0.25, 0.3) is 0 Å². The lowest BCUT2D eigenvalue weighted by molar-refractivity contribution is 0.517. The van der Waals surface area contributed by atoms with Gasteiger partial charge < -0.3 is 8.83 Å². The van der Waals surface area contributed by atoms with Gasteiger partial charge in [-0.3, -0.25) is 0 Å². The predicted octanol–water partition coefficient (Wildman–Crippen LogP) is 8.05. The van der Waals surface area contributed by atoms with E-state index in [9.17, 15) is 0 Å².